The molecule has 0 aliphatic rings. The average Bonchev–Trinajstić information content (AvgIpc) is 3.00. The van der Waals surface area contributed by atoms with Gasteiger partial charge in [0.15, 0.2) is 0 Å². The van der Waals surface area contributed by atoms with E-state index in [2.05, 4.69) is 0 Å². The first-order chi connectivity index (χ1) is 11.4. The lowest BCUT2D eigenvalue weighted by molar-refractivity contribution is -0.255. The molecule has 0 aliphatic heterocycles. The van der Waals surface area contributed by atoms with Crippen LogP contribution in [-0.4, -0.2) is 17.9 Å². The predicted octanol–water partition coefficient (Wildman–Crippen LogP) is 0.412. The molecule has 1 aromatic carbocycles. The number of imide groups is 1. The van der Waals surface area contributed by atoms with Gasteiger partial charge in [-0.05, 0) is 23.8 Å². The molecule has 0 spiro atoms. The number of hydrogen-bond donors (Lipinski definition) is 2. The molecule has 1 heterocycles. The number of carbonyl (C=O) groups is 3. The van der Waals surface area contributed by atoms with Crippen LogP contribution in [-0.2, 0) is 4.79 Å². The average molecular weight is 324 g/mol. The highest BCUT2D eigenvalue weighted by Gasteiger charge is 2.12. The van der Waals surface area contributed by atoms with E-state index in [0.29, 0.717) is 11.3 Å². The molecular weight excluding hydrogens is 314 g/mol. The first-order valence-electron chi connectivity index (χ1n) is 6.55. The summed E-state index contributed by atoms with van der Waals surface area (Å²) in [4.78, 5) is 33.1. The van der Waals surface area contributed by atoms with Crippen molar-refractivity contribution in [3.05, 3.63) is 53.3 Å². The van der Waals surface area contributed by atoms with Gasteiger partial charge in [-0.1, -0.05) is 18.2 Å². The Hall–Kier alpha value is -3.86. The van der Waals surface area contributed by atoms with E-state index < -0.39 is 17.9 Å². The molecular formula is C16H10N3O5-. The van der Waals surface area contributed by atoms with Gasteiger partial charge in [-0.3, -0.25) is 10.1 Å². The number of hydrogen-bond acceptors (Lipinski definition) is 6. The van der Waals surface area contributed by atoms with E-state index in [1.54, 1.807) is 23.5 Å². The first kappa shape index (κ1) is 16.5. The number of rotatable bonds is 4. The summed E-state index contributed by atoms with van der Waals surface area (Å²) in [5, 5.41) is 21.6. The molecule has 24 heavy (non-hydrogen) atoms. The number of carboxylic acid groups (broad SMARTS) is 1. The number of urea groups is 1. The van der Waals surface area contributed by atoms with Crippen molar-refractivity contribution in [2.75, 3.05) is 0 Å². The van der Waals surface area contributed by atoms with E-state index in [0.717, 1.165) is 6.08 Å². The van der Waals surface area contributed by atoms with Gasteiger partial charge in [-0.15, -0.1) is 0 Å². The second kappa shape index (κ2) is 6.93. The standard InChI is InChI=1S/C16H11N3O5/c17-8-11(14(20)19-16(18)23)7-12-4-5-13(24-12)9-2-1-3-10(6-9)15(21)22/h1-7H,(H,21,22)(H3,18,19,20,23)/p-1/b11-7+. The Kier molecular flexibility index (Phi) is 4.77. The summed E-state index contributed by atoms with van der Waals surface area (Å²) in [5.74, 6) is -1.78. The van der Waals surface area contributed by atoms with E-state index >= 15 is 0 Å². The van der Waals surface area contributed by atoms with Gasteiger partial charge < -0.3 is 20.1 Å². The zero-order chi connectivity index (χ0) is 17.7. The van der Waals surface area contributed by atoms with Crippen LogP contribution in [0.5, 0.6) is 0 Å². The number of primary amides is 1. The minimum atomic E-state index is -1.32. The van der Waals surface area contributed by atoms with Gasteiger partial charge in [0.25, 0.3) is 5.91 Å². The van der Waals surface area contributed by atoms with E-state index in [9.17, 15) is 19.5 Å². The maximum Gasteiger partial charge on any atom is 0.319 e. The molecule has 0 atom stereocenters. The summed E-state index contributed by atoms with van der Waals surface area (Å²) >= 11 is 0. The molecule has 1 aromatic heterocycles. The van der Waals surface area contributed by atoms with Crippen molar-refractivity contribution >= 4 is 24.0 Å². The topological polar surface area (TPSA) is 149 Å². The van der Waals surface area contributed by atoms with Crippen LogP contribution in [0.3, 0.4) is 0 Å². The zero-order valence-electron chi connectivity index (χ0n) is 12.1. The second-order valence-corrected chi connectivity index (χ2v) is 4.56. The molecule has 8 heteroatoms. The molecule has 0 saturated carbocycles. The molecule has 0 fully saturated rings. The number of nitriles is 1. The number of nitrogens with two attached hydrogens (primary N) is 1. The zero-order valence-corrected chi connectivity index (χ0v) is 12.1. The number of carboxylic acids is 1. The minimum Gasteiger partial charge on any atom is -0.545 e. The highest BCUT2D eigenvalue weighted by atomic mass is 16.4. The Bertz CT molecular complexity index is 889. The molecule has 0 radical (unpaired) electrons. The van der Waals surface area contributed by atoms with Crippen molar-refractivity contribution in [1.82, 2.24) is 5.32 Å². The summed E-state index contributed by atoms with van der Waals surface area (Å²) in [6, 6.07) is 9.47. The number of benzene rings is 1. The van der Waals surface area contributed by atoms with Gasteiger partial charge in [-0.2, -0.15) is 5.26 Å². The fourth-order valence-corrected chi connectivity index (χ4v) is 1.86. The summed E-state index contributed by atoms with van der Waals surface area (Å²) < 4.78 is 5.45. The number of amides is 3. The number of nitrogens with one attached hydrogen (secondary N) is 1. The summed E-state index contributed by atoms with van der Waals surface area (Å²) in [7, 11) is 0. The number of nitrogens with zero attached hydrogens (tertiary/aromatic N) is 1. The monoisotopic (exact) mass is 324 g/mol. The van der Waals surface area contributed by atoms with Gasteiger partial charge in [0.2, 0.25) is 0 Å². The van der Waals surface area contributed by atoms with Crippen LogP contribution in [0.15, 0.2) is 46.4 Å². The fraction of sp³-hybridized carbons (Fsp3) is 0. The second-order valence-electron chi connectivity index (χ2n) is 4.56. The van der Waals surface area contributed by atoms with Crippen LogP contribution >= 0.6 is 0 Å². The van der Waals surface area contributed by atoms with E-state index in [1.807, 2.05) is 0 Å². The predicted molar refractivity (Wildman–Crippen MR) is 79.8 cm³/mol. The molecule has 2 rings (SSSR count). The first-order valence-corrected chi connectivity index (χ1v) is 6.55. The van der Waals surface area contributed by atoms with Crippen LogP contribution in [0, 0.1) is 11.3 Å². The molecule has 0 unspecified atom stereocenters. The molecule has 120 valence electrons. The van der Waals surface area contributed by atoms with Gasteiger partial charge >= 0.3 is 6.03 Å². The van der Waals surface area contributed by atoms with Crippen LogP contribution in [0.4, 0.5) is 4.79 Å². The van der Waals surface area contributed by atoms with Crippen LogP contribution in [0.25, 0.3) is 17.4 Å². The third-order valence-electron chi connectivity index (χ3n) is 2.90. The van der Waals surface area contributed by atoms with Crippen molar-refractivity contribution in [2.24, 2.45) is 5.73 Å². The van der Waals surface area contributed by atoms with Crippen molar-refractivity contribution in [3.63, 3.8) is 0 Å². The highest BCUT2D eigenvalue weighted by molar-refractivity contribution is 6.08. The Labute approximate surface area is 135 Å². The molecule has 8 nitrogen and oxygen atoms in total. The minimum absolute atomic E-state index is 0.0143. The van der Waals surface area contributed by atoms with Gasteiger partial charge in [0.05, 0.1) is 5.97 Å². The normalized spacial score (nSPS) is 10.7. The van der Waals surface area contributed by atoms with E-state index in [-0.39, 0.29) is 16.9 Å². The van der Waals surface area contributed by atoms with Crippen molar-refractivity contribution in [2.45, 2.75) is 0 Å². The summed E-state index contributed by atoms with van der Waals surface area (Å²) in [5.41, 5.74) is 4.91. The maximum absolute atomic E-state index is 11.6. The quantitative estimate of drug-likeness (QED) is 0.614. The van der Waals surface area contributed by atoms with E-state index in [4.69, 9.17) is 15.4 Å². The third-order valence-corrected chi connectivity index (χ3v) is 2.90. The maximum atomic E-state index is 11.6. The molecule has 2 aromatic rings. The Balaban J connectivity index is 2.30. The van der Waals surface area contributed by atoms with Crippen LogP contribution in [0.2, 0.25) is 0 Å². The summed E-state index contributed by atoms with van der Waals surface area (Å²) in [6.45, 7) is 0. The van der Waals surface area contributed by atoms with Gasteiger partial charge in [-0.25, -0.2) is 4.79 Å². The van der Waals surface area contributed by atoms with Crippen LogP contribution in [0.1, 0.15) is 16.1 Å². The Morgan fingerprint density at radius 1 is 1.25 bits per heavy atom. The van der Waals surface area contributed by atoms with Crippen LogP contribution < -0.4 is 16.2 Å². The Morgan fingerprint density at radius 3 is 2.62 bits per heavy atom. The number of furan rings is 1. The Morgan fingerprint density at radius 2 is 2.00 bits per heavy atom. The van der Waals surface area contributed by atoms with Gasteiger partial charge in [0.1, 0.15) is 23.2 Å². The fourth-order valence-electron chi connectivity index (χ4n) is 1.86. The van der Waals surface area contributed by atoms with Crippen molar-refractivity contribution < 1.29 is 23.9 Å². The SMILES string of the molecule is N#C/C(=C\c1ccc(-c2cccc(C(=O)[O-])c2)o1)C(=O)NC(N)=O. The molecule has 0 saturated heterocycles. The smallest absolute Gasteiger partial charge is 0.319 e. The molecule has 0 bridgehead atoms. The molecule has 3 amide bonds. The third kappa shape index (κ3) is 3.86. The lowest BCUT2D eigenvalue weighted by Gasteiger charge is -2.03. The van der Waals surface area contributed by atoms with Gasteiger partial charge in [0, 0.05) is 11.6 Å². The van der Waals surface area contributed by atoms with E-state index in [1.165, 1.54) is 24.3 Å². The highest BCUT2D eigenvalue weighted by Crippen LogP contribution is 2.24. The largest absolute Gasteiger partial charge is 0.545 e. The number of aromatic carboxylic acids is 1. The van der Waals surface area contributed by atoms with Crippen molar-refractivity contribution in [3.8, 4) is 17.4 Å². The molecule has 3 N–H and O–H groups in total. The lowest BCUT2D eigenvalue weighted by Crippen LogP contribution is -2.35. The lowest BCUT2D eigenvalue weighted by atomic mass is 10.1. The number of carbonyl (C=O) groups excluding carboxylic acids is 3. The summed E-state index contributed by atoms with van der Waals surface area (Å²) in [6.07, 6.45) is 1.13. The molecule has 0 aliphatic carbocycles. The van der Waals surface area contributed by atoms with Crippen molar-refractivity contribution in [1.29, 1.82) is 5.26 Å².